The molecule has 0 unspecified atom stereocenters. The molecular formula is C28H27ClFN5O3. The Morgan fingerprint density at radius 3 is 2.63 bits per heavy atom. The lowest BCUT2D eigenvalue weighted by molar-refractivity contribution is 0.0560. The Bertz CT molecular complexity index is 1500. The molecule has 38 heavy (non-hydrogen) atoms. The van der Waals surface area contributed by atoms with Gasteiger partial charge in [-0.15, -0.1) is 4.73 Å². The van der Waals surface area contributed by atoms with Gasteiger partial charge in [0, 0.05) is 41.6 Å². The number of nitrogens with one attached hydrogen (secondary N) is 1. The van der Waals surface area contributed by atoms with Crippen LogP contribution in [0.1, 0.15) is 19.3 Å². The smallest absolute Gasteiger partial charge is 0.293 e. The van der Waals surface area contributed by atoms with Crippen molar-refractivity contribution in [1.82, 2.24) is 14.7 Å². The molecule has 2 aromatic carbocycles. The van der Waals surface area contributed by atoms with Gasteiger partial charge in [-0.05, 0) is 61.2 Å². The average molecular weight is 536 g/mol. The largest absolute Gasteiger partial charge is 0.408 e. The molecule has 0 atom stereocenters. The molecule has 0 bridgehead atoms. The maximum absolute atomic E-state index is 14.8. The number of aromatic nitrogens is 3. The van der Waals surface area contributed by atoms with Crippen molar-refractivity contribution in [3.05, 3.63) is 75.9 Å². The summed E-state index contributed by atoms with van der Waals surface area (Å²) in [6.07, 6.45) is 4.84. The molecule has 1 aliphatic heterocycles. The van der Waals surface area contributed by atoms with E-state index >= 15 is 0 Å². The number of morpholine rings is 1. The van der Waals surface area contributed by atoms with Gasteiger partial charge in [0.25, 0.3) is 5.56 Å². The van der Waals surface area contributed by atoms with Gasteiger partial charge in [-0.25, -0.2) is 9.37 Å². The van der Waals surface area contributed by atoms with Crippen molar-refractivity contribution in [1.29, 1.82) is 0 Å². The molecule has 3 heterocycles. The van der Waals surface area contributed by atoms with Gasteiger partial charge >= 0.3 is 0 Å². The number of halogens is 2. The third kappa shape index (κ3) is 4.91. The number of fused-ring (bicyclic) bond motifs is 1. The van der Waals surface area contributed by atoms with E-state index in [2.05, 4.69) is 20.2 Å². The first kappa shape index (κ1) is 24.6. The normalized spacial score (nSPS) is 15.9. The molecule has 10 heteroatoms. The van der Waals surface area contributed by atoms with Crippen LogP contribution in [0.25, 0.3) is 22.2 Å². The zero-order chi connectivity index (χ0) is 26.1. The summed E-state index contributed by atoms with van der Waals surface area (Å²) < 4.78 is 21.3. The highest BCUT2D eigenvalue weighted by atomic mass is 35.5. The molecule has 0 spiro atoms. The Hall–Kier alpha value is -3.69. The number of nitrogens with zero attached hydrogens (tertiary/aromatic N) is 4. The second-order valence-electron chi connectivity index (χ2n) is 9.59. The standard InChI is InChI=1S/C28H27ClFN5O3/c29-23-5-2-6-24(30)25(23)22-15-19-16-31-28(33-26(19)35(27(22)36)38-17-18-3-1-4-18)32-20-7-9-21(10-8-20)34-11-13-37-14-12-34/h2,5-10,15-16,18H,1,3-4,11-14,17H2,(H,31,32,33). The minimum absolute atomic E-state index is 0.0321. The molecule has 6 rings (SSSR count). The minimum Gasteiger partial charge on any atom is -0.408 e. The zero-order valence-corrected chi connectivity index (χ0v) is 21.5. The number of benzene rings is 2. The minimum atomic E-state index is -0.584. The Balaban J connectivity index is 1.35. The van der Waals surface area contributed by atoms with Gasteiger partial charge in [-0.2, -0.15) is 4.98 Å². The van der Waals surface area contributed by atoms with Gasteiger partial charge in [0.15, 0.2) is 5.65 Å². The summed E-state index contributed by atoms with van der Waals surface area (Å²) in [5.74, 6) is 0.106. The van der Waals surface area contributed by atoms with Gasteiger partial charge < -0.3 is 19.8 Å². The van der Waals surface area contributed by atoms with Crippen molar-refractivity contribution >= 4 is 40.0 Å². The van der Waals surface area contributed by atoms with Gasteiger partial charge in [-0.1, -0.05) is 24.1 Å². The molecule has 1 aliphatic carbocycles. The maximum atomic E-state index is 14.8. The van der Waals surface area contributed by atoms with E-state index in [-0.39, 0.29) is 16.1 Å². The monoisotopic (exact) mass is 535 g/mol. The highest BCUT2D eigenvalue weighted by Crippen LogP contribution is 2.31. The first-order valence-electron chi connectivity index (χ1n) is 12.8. The van der Waals surface area contributed by atoms with Gasteiger partial charge in [0.2, 0.25) is 5.95 Å². The van der Waals surface area contributed by atoms with Crippen LogP contribution in [0, 0.1) is 11.7 Å². The van der Waals surface area contributed by atoms with Crippen LogP contribution in [0.15, 0.2) is 59.5 Å². The van der Waals surface area contributed by atoms with Crippen molar-refractivity contribution in [2.75, 3.05) is 43.1 Å². The number of pyridine rings is 1. The van der Waals surface area contributed by atoms with Crippen LogP contribution >= 0.6 is 11.6 Å². The summed E-state index contributed by atoms with van der Waals surface area (Å²) in [6, 6.07) is 13.9. The first-order chi connectivity index (χ1) is 18.6. The number of ether oxygens (including phenoxy) is 1. The van der Waals surface area contributed by atoms with Crippen LogP contribution in [-0.4, -0.2) is 47.6 Å². The zero-order valence-electron chi connectivity index (χ0n) is 20.7. The van der Waals surface area contributed by atoms with Gasteiger partial charge in [0.1, 0.15) is 12.4 Å². The molecule has 196 valence electrons. The number of anilines is 3. The van der Waals surface area contributed by atoms with E-state index in [0.717, 1.165) is 61.7 Å². The number of hydrogen-bond acceptors (Lipinski definition) is 7. The molecule has 2 aromatic heterocycles. The molecular weight excluding hydrogens is 509 g/mol. The van der Waals surface area contributed by atoms with Crippen molar-refractivity contribution in [2.24, 2.45) is 5.92 Å². The third-order valence-electron chi connectivity index (χ3n) is 7.10. The first-order valence-corrected chi connectivity index (χ1v) is 13.1. The Labute approximate surface area is 223 Å². The van der Waals surface area contributed by atoms with Crippen molar-refractivity contribution < 1.29 is 14.0 Å². The van der Waals surface area contributed by atoms with Crippen LogP contribution in [-0.2, 0) is 4.74 Å². The Kier molecular flexibility index (Phi) is 6.86. The highest BCUT2D eigenvalue weighted by molar-refractivity contribution is 6.33. The fourth-order valence-corrected chi connectivity index (χ4v) is 4.99. The predicted molar refractivity (Wildman–Crippen MR) is 146 cm³/mol. The Morgan fingerprint density at radius 1 is 1.13 bits per heavy atom. The summed E-state index contributed by atoms with van der Waals surface area (Å²) in [4.78, 5) is 30.9. The fourth-order valence-electron chi connectivity index (χ4n) is 4.73. The van der Waals surface area contributed by atoms with Crippen molar-refractivity contribution in [3.63, 3.8) is 0 Å². The average Bonchev–Trinajstić information content (AvgIpc) is 2.90. The number of rotatable bonds is 7. The second-order valence-corrected chi connectivity index (χ2v) is 10.00. The van der Waals surface area contributed by atoms with Crippen LogP contribution in [0.2, 0.25) is 5.02 Å². The van der Waals surface area contributed by atoms with E-state index in [1.165, 1.54) is 12.1 Å². The summed E-state index contributed by atoms with van der Waals surface area (Å²) in [5, 5.41) is 3.88. The fraction of sp³-hybridized carbons (Fsp3) is 0.321. The molecule has 4 aromatic rings. The van der Waals surface area contributed by atoms with Gasteiger partial charge in [0.05, 0.1) is 23.8 Å². The van der Waals surface area contributed by atoms with Crippen LogP contribution < -0.4 is 20.6 Å². The summed E-state index contributed by atoms with van der Waals surface area (Å²) in [6.45, 7) is 3.54. The second kappa shape index (κ2) is 10.6. The molecule has 1 saturated carbocycles. The molecule has 2 fully saturated rings. The third-order valence-corrected chi connectivity index (χ3v) is 7.41. The summed E-state index contributed by atoms with van der Waals surface area (Å²) >= 11 is 6.30. The molecule has 0 radical (unpaired) electrons. The molecule has 2 aliphatic rings. The lowest BCUT2D eigenvalue weighted by Crippen LogP contribution is -2.36. The maximum Gasteiger partial charge on any atom is 0.293 e. The molecule has 8 nitrogen and oxygen atoms in total. The van der Waals surface area contributed by atoms with Crippen LogP contribution in [0.5, 0.6) is 0 Å². The lowest BCUT2D eigenvalue weighted by atomic mass is 9.86. The van der Waals surface area contributed by atoms with Crippen LogP contribution in [0.3, 0.4) is 0 Å². The SMILES string of the molecule is O=c1c(-c2c(F)cccc2Cl)cc2cnc(Nc3ccc(N4CCOCC4)cc3)nc2n1OCC1CCC1. The van der Waals surface area contributed by atoms with E-state index in [9.17, 15) is 9.18 Å². The number of hydrogen-bond donors (Lipinski definition) is 1. The van der Waals surface area contributed by atoms with Crippen LogP contribution in [0.4, 0.5) is 21.7 Å². The molecule has 0 amide bonds. The van der Waals surface area contributed by atoms with Crippen molar-refractivity contribution in [2.45, 2.75) is 19.3 Å². The van der Waals surface area contributed by atoms with E-state index in [1.54, 1.807) is 18.3 Å². The van der Waals surface area contributed by atoms with E-state index in [0.29, 0.717) is 29.5 Å². The van der Waals surface area contributed by atoms with Crippen molar-refractivity contribution in [3.8, 4) is 11.1 Å². The summed E-state index contributed by atoms with van der Waals surface area (Å²) in [5.41, 5.74) is 1.83. The van der Waals surface area contributed by atoms with Gasteiger partial charge in [-0.3, -0.25) is 4.79 Å². The lowest BCUT2D eigenvalue weighted by Gasteiger charge is -2.28. The predicted octanol–water partition coefficient (Wildman–Crippen LogP) is 5.06. The molecule has 1 saturated heterocycles. The van der Waals surface area contributed by atoms with E-state index in [4.69, 9.17) is 21.2 Å². The Morgan fingerprint density at radius 2 is 1.92 bits per heavy atom. The quantitative estimate of drug-likeness (QED) is 0.354. The summed E-state index contributed by atoms with van der Waals surface area (Å²) in [7, 11) is 0. The molecule has 1 N–H and O–H groups in total. The topological polar surface area (TPSA) is 81.5 Å². The highest BCUT2D eigenvalue weighted by Gasteiger charge is 2.22. The van der Waals surface area contributed by atoms with E-state index in [1.807, 2.05) is 24.3 Å². The van der Waals surface area contributed by atoms with E-state index < -0.39 is 11.4 Å².